The molecule has 1 heterocycles. The van der Waals surface area contributed by atoms with E-state index >= 15 is 0 Å². The zero-order valence-electron chi connectivity index (χ0n) is 12.0. The van der Waals surface area contributed by atoms with Gasteiger partial charge in [-0.15, -0.1) is 5.10 Å². The molecule has 24 heavy (non-hydrogen) atoms. The average Bonchev–Trinajstić information content (AvgIpc) is 2.92. The maximum absolute atomic E-state index is 13.5. The second-order valence-corrected chi connectivity index (χ2v) is 5.32. The Kier molecular flexibility index (Phi) is 4.06. The molecule has 0 atom stereocenters. The summed E-state index contributed by atoms with van der Waals surface area (Å²) < 4.78 is 40.5. The van der Waals surface area contributed by atoms with Gasteiger partial charge in [0, 0.05) is 11.3 Å². The molecule has 0 radical (unpaired) electrons. The fourth-order valence-corrected chi connectivity index (χ4v) is 2.59. The third-order valence-corrected chi connectivity index (χ3v) is 3.52. The van der Waals surface area contributed by atoms with Crippen molar-refractivity contribution in [3.63, 3.8) is 0 Å². The van der Waals surface area contributed by atoms with Gasteiger partial charge in [-0.3, -0.25) is 0 Å². The van der Waals surface area contributed by atoms with E-state index in [1.807, 2.05) is 0 Å². The van der Waals surface area contributed by atoms with Crippen molar-refractivity contribution in [3.8, 4) is 11.1 Å². The van der Waals surface area contributed by atoms with Gasteiger partial charge in [-0.2, -0.15) is 18.2 Å². The molecule has 0 fully saturated rings. The van der Waals surface area contributed by atoms with E-state index in [0.29, 0.717) is 5.56 Å². The number of hydrogen-bond donors (Lipinski definition) is 3. The standard InChI is InChI=1S/C15H11ClF3N5/c16-11-7-9(21-14-22-13(20)23-24-14)6-10(15(17,18)19)12(11)8-4-2-1-3-5-8/h1-7H,(H4,20,21,22,23,24). The van der Waals surface area contributed by atoms with E-state index in [0.717, 1.165) is 6.07 Å². The molecule has 4 N–H and O–H groups in total. The number of nitrogens with one attached hydrogen (secondary N) is 2. The molecule has 3 rings (SSSR count). The summed E-state index contributed by atoms with van der Waals surface area (Å²) in [6.45, 7) is 0. The molecule has 1 aromatic heterocycles. The van der Waals surface area contributed by atoms with Crippen molar-refractivity contribution in [2.75, 3.05) is 11.1 Å². The number of hydrogen-bond acceptors (Lipinski definition) is 4. The Morgan fingerprint density at radius 3 is 2.42 bits per heavy atom. The first-order chi connectivity index (χ1) is 11.3. The van der Waals surface area contributed by atoms with E-state index < -0.39 is 11.7 Å². The molecule has 0 aliphatic heterocycles. The molecule has 0 aliphatic rings. The van der Waals surface area contributed by atoms with Crippen LogP contribution in [0.3, 0.4) is 0 Å². The first-order valence-electron chi connectivity index (χ1n) is 6.75. The fourth-order valence-electron chi connectivity index (χ4n) is 2.26. The lowest BCUT2D eigenvalue weighted by Crippen LogP contribution is -2.09. The number of nitrogen functional groups attached to an aromatic ring is 1. The summed E-state index contributed by atoms with van der Waals surface area (Å²) >= 11 is 6.13. The molecule has 5 nitrogen and oxygen atoms in total. The first-order valence-corrected chi connectivity index (χ1v) is 7.13. The molecule has 0 spiro atoms. The van der Waals surface area contributed by atoms with Crippen molar-refractivity contribution < 1.29 is 13.2 Å². The molecule has 3 aromatic rings. The van der Waals surface area contributed by atoms with Gasteiger partial charge in [-0.05, 0) is 17.7 Å². The normalized spacial score (nSPS) is 11.5. The van der Waals surface area contributed by atoms with Gasteiger partial charge in [-0.25, -0.2) is 5.10 Å². The van der Waals surface area contributed by atoms with Crippen molar-refractivity contribution in [2.24, 2.45) is 0 Å². The minimum Gasteiger partial charge on any atom is -0.368 e. The third-order valence-electron chi connectivity index (χ3n) is 3.22. The van der Waals surface area contributed by atoms with Gasteiger partial charge in [0.2, 0.25) is 11.9 Å². The highest BCUT2D eigenvalue weighted by molar-refractivity contribution is 6.33. The Bertz CT molecular complexity index is 861. The summed E-state index contributed by atoms with van der Waals surface area (Å²) in [5.74, 6) is 0.0877. The predicted molar refractivity (Wildman–Crippen MR) is 86.0 cm³/mol. The molecular formula is C15H11ClF3N5. The Balaban J connectivity index is 2.11. The second-order valence-electron chi connectivity index (χ2n) is 4.91. The number of anilines is 3. The number of rotatable bonds is 3. The van der Waals surface area contributed by atoms with Gasteiger partial charge >= 0.3 is 6.18 Å². The van der Waals surface area contributed by atoms with Crippen LogP contribution in [-0.4, -0.2) is 15.2 Å². The molecule has 0 saturated heterocycles. The average molecular weight is 354 g/mol. The SMILES string of the molecule is Nc1nc(Nc2cc(Cl)c(-c3ccccc3)c(C(F)(F)F)c2)n[nH]1. The maximum atomic E-state index is 13.5. The molecule has 0 unspecified atom stereocenters. The van der Waals surface area contributed by atoms with Crippen molar-refractivity contribution in [3.05, 3.63) is 53.1 Å². The maximum Gasteiger partial charge on any atom is 0.417 e. The number of aromatic amines is 1. The zero-order chi connectivity index (χ0) is 17.3. The lowest BCUT2D eigenvalue weighted by Gasteiger charge is -2.17. The second kappa shape index (κ2) is 6.04. The van der Waals surface area contributed by atoms with E-state index in [1.165, 1.54) is 6.07 Å². The number of H-pyrrole nitrogens is 1. The Hall–Kier alpha value is -2.74. The summed E-state index contributed by atoms with van der Waals surface area (Å²) in [5, 5.41) is 8.70. The van der Waals surface area contributed by atoms with E-state index in [4.69, 9.17) is 17.3 Å². The van der Waals surface area contributed by atoms with Crippen LogP contribution in [0.1, 0.15) is 5.56 Å². The van der Waals surface area contributed by atoms with Crippen molar-refractivity contribution in [1.29, 1.82) is 0 Å². The fraction of sp³-hybridized carbons (Fsp3) is 0.0667. The van der Waals surface area contributed by atoms with Gasteiger partial charge in [0.1, 0.15) is 0 Å². The van der Waals surface area contributed by atoms with E-state index in [1.54, 1.807) is 30.3 Å². The Morgan fingerprint density at radius 1 is 1.12 bits per heavy atom. The largest absolute Gasteiger partial charge is 0.417 e. The van der Waals surface area contributed by atoms with Crippen LogP contribution in [0.5, 0.6) is 0 Å². The number of alkyl halides is 3. The zero-order valence-corrected chi connectivity index (χ0v) is 12.8. The summed E-state index contributed by atoms with van der Waals surface area (Å²) in [6, 6.07) is 10.5. The highest BCUT2D eigenvalue weighted by Crippen LogP contribution is 2.43. The highest BCUT2D eigenvalue weighted by Gasteiger charge is 2.35. The van der Waals surface area contributed by atoms with E-state index in [9.17, 15) is 13.2 Å². The Labute approximate surface area is 139 Å². The topological polar surface area (TPSA) is 79.6 Å². The van der Waals surface area contributed by atoms with E-state index in [-0.39, 0.29) is 28.2 Å². The number of halogens is 4. The Morgan fingerprint density at radius 2 is 1.83 bits per heavy atom. The molecule has 0 amide bonds. The van der Waals surface area contributed by atoms with Crippen LogP contribution < -0.4 is 11.1 Å². The third kappa shape index (κ3) is 3.28. The summed E-state index contributed by atoms with van der Waals surface area (Å²) in [7, 11) is 0. The van der Waals surface area contributed by atoms with Gasteiger partial charge in [0.05, 0.1) is 10.6 Å². The van der Waals surface area contributed by atoms with Gasteiger partial charge in [0.15, 0.2) is 0 Å². The number of nitrogens with two attached hydrogens (primary N) is 1. The van der Waals surface area contributed by atoms with Crippen LogP contribution >= 0.6 is 11.6 Å². The quantitative estimate of drug-likeness (QED) is 0.649. The lowest BCUT2D eigenvalue weighted by atomic mass is 9.98. The molecule has 9 heteroatoms. The van der Waals surface area contributed by atoms with Crippen molar-refractivity contribution >= 4 is 29.2 Å². The lowest BCUT2D eigenvalue weighted by molar-refractivity contribution is -0.137. The highest BCUT2D eigenvalue weighted by atomic mass is 35.5. The molecule has 0 aliphatic carbocycles. The first kappa shape index (κ1) is 16.1. The van der Waals surface area contributed by atoms with Crippen molar-refractivity contribution in [1.82, 2.24) is 15.2 Å². The minimum atomic E-state index is -4.58. The van der Waals surface area contributed by atoms with Crippen LogP contribution in [0.4, 0.5) is 30.8 Å². The molecule has 0 bridgehead atoms. The van der Waals surface area contributed by atoms with Crippen LogP contribution in [-0.2, 0) is 6.18 Å². The number of benzene rings is 2. The smallest absolute Gasteiger partial charge is 0.368 e. The summed E-state index contributed by atoms with van der Waals surface area (Å²) in [4.78, 5) is 3.78. The van der Waals surface area contributed by atoms with Gasteiger partial charge < -0.3 is 11.1 Å². The van der Waals surface area contributed by atoms with Crippen LogP contribution in [0.15, 0.2) is 42.5 Å². The predicted octanol–water partition coefficient (Wildman–Crippen LogP) is 4.47. The molecule has 124 valence electrons. The van der Waals surface area contributed by atoms with Crippen LogP contribution in [0, 0.1) is 0 Å². The van der Waals surface area contributed by atoms with Gasteiger partial charge in [-0.1, -0.05) is 41.9 Å². The molecule has 2 aromatic carbocycles. The van der Waals surface area contributed by atoms with Crippen molar-refractivity contribution in [2.45, 2.75) is 6.18 Å². The van der Waals surface area contributed by atoms with E-state index in [2.05, 4.69) is 20.5 Å². The molecular weight excluding hydrogens is 343 g/mol. The minimum absolute atomic E-state index is 0.0398. The molecule has 0 saturated carbocycles. The van der Waals surface area contributed by atoms with Crippen LogP contribution in [0.25, 0.3) is 11.1 Å². The monoisotopic (exact) mass is 353 g/mol. The summed E-state index contributed by atoms with van der Waals surface area (Å²) in [6.07, 6.45) is -4.58. The number of aromatic nitrogens is 3. The van der Waals surface area contributed by atoms with Crippen LogP contribution in [0.2, 0.25) is 5.02 Å². The number of nitrogens with zero attached hydrogens (tertiary/aromatic N) is 2. The summed E-state index contributed by atoms with van der Waals surface area (Å²) in [5.41, 5.74) is 4.93. The van der Waals surface area contributed by atoms with Gasteiger partial charge in [0.25, 0.3) is 0 Å².